The number of primary amides is 1. The summed E-state index contributed by atoms with van der Waals surface area (Å²) >= 11 is 6.65. The normalized spacial score (nSPS) is 26.2. The number of carbonyl (C=O) groups excluding carboxylic acids is 1. The third kappa shape index (κ3) is 5.03. The predicted molar refractivity (Wildman–Crippen MR) is 161 cm³/mol. The van der Waals surface area contributed by atoms with Crippen molar-refractivity contribution in [2.45, 2.75) is 37.5 Å². The molecule has 0 unspecified atom stereocenters. The Morgan fingerprint density at radius 2 is 1.95 bits per heavy atom. The number of amides is 1. The topological polar surface area (TPSA) is 131 Å². The van der Waals surface area contributed by atoms with Crippen molar-refractivity contribution in [3.05, 3.63) is 41.6 Å². The van der Waals surface area contributed by atoms with Crippen LogP contribution in [0.3, 0.4) is 0 Å². The number of aromatic amines is 1. The van der Waals surface area contributed by atoms with Crippen LogP contribution in [0.2, 0.25) is 5.02 Å². The van der Waals surface area contributed by atoms with Crippen LogP contribution in [0.15, 0.2) is 36.5 Å². The summed E-state index contributed by atoms with van der Waals surface area (Å²) in [7, 11) is 1.68. The Kier molecular flexibility index (Phi) is 7.33. The molecule has 4 heterocycles. The van der Waals surface area contributed by atoms with Gasteiger partial charge in [-0.05, 0) is 31.4 Å². The smallest absolute Gasteiger partial charge is 0.404 e. The Labute approximate surface area is 249 Å². The first-order chi connectivity index (χ1) is 20.5. The lowest BCUT2D eigenvalue weighted by molar-refractivity contribution is 0.0115. The molecule has 1 aromatic carbocycles. The van der Waals surface area contributed by atoms with E-state index < -0.39 is 6.09 Å². The van der Waals surface area contributed by atoms with Crippen molar-refractivity contribution < 1.29 is 19.0 Å². The van der Waals surface area contributed by atoms with Gasteiger partial charge >= 0.3 is 6.09 Å². The Bertz CT molecular complexity index is 1500. The molecule has 12 heteroatoms. The summed E-state index contributed by atoms with van der Waals surface area (Å²) in [4.78, 5) is 29.3. The van der Waals surface area contributed by atoms with Crippen molar-refractivity contribution in [3.8, 4) is 17.1 Å². The minimum absolute atomic E-state index is 0.126. The standard InChI is InChI=1S/C30H36ClN7O4/c1-40-23-15-20(37-8-6-19(7-9-37)38-10-12-41-13-11-38)4-5-21(23)28-35-26-25(22(31)16-33-29(26)36-28)34-24-17-2-3-18(14-17)27(24)42-30(32)39/h2-5,15-19,24,27H,6-14H2,1H3,(H2,32,39)(H2,33,34,35,36)/t17-,18+,24+,27-/m1/s1. The average molecular weight is 594 g/mol. The van der Waals surface area contributed by atoms with Crippen LogP contribution in [0.1, 0.15) is 19.3 Å². The molecule has 7 rings (SSSR count). The Balaban J connectivity index is 1.12. The predicted octanol–water partition coefficient (Wildman–Crippen LogP) is 4.04. The van der Waals surface area contributed by atoms with Gasteiger partial charge in [0.2, 0.25) is 0 Å². The minimum Gasteiger partial charge on any atom is -0.496 e. The van der Waals surface area contributed by atoms with Gasteiger partial charge in [-0.25, -0.2) is 14.8 Å². The number of nitrogens with two attached hydrogens (primary N) is 1. The van der Waals surface area contributed by atoms with Crippen molar-refractivity contribution in [2.24, 2.45) is 17.6 Å². The van der Waals surface area contributed by atoms with Gasteiger partial charge in [-0.1, -0.05) is 23.8 Å². The highest BCUT2D eigenvalue weighted by Crippen LogP contribution is 2.44. The molecule has 2 aromatic heterocycles. The van der Waals surface area contributed by atoms with Gasteiger partial charge in [0.05, 0.1) is 48.8 Å². The molecule has 4 N–H and O–H groups in total. The molecule has 2 saturated heterocycles. The van der Waals surface area contributed by atoms with E-state index in [9.17, 15) is 4.79 Å². The number of morpholine rings is 1. The molecule has 4 aliphatic rings. The molecule has 1 saturated carbocycles. The van der Waals surface area contributed by atoms with Crippen LogP contribution in [0.4, 0.5) is 16.2 Å². The van der Waals surface area contributed by atoms with E-state index in [-0.39, 0.29) is 24.0 Å². The van der Waals surface area contributed by atoms with Crippen molar-refractivity contribution in [1.29, 1.82) is 0 Å². The SMILES string of the molecule is COc1cc(N2CCC(N3CCOCC3)CC2)ccc1-c1nc2ncc(Cl)c(N[C@@H]3[C@H](OC(N)=O)[C@H]4C=C[C@@H]3C4)c2[nH]1. The lowest BCUT2D eigenvalue weighted by atomic mass is 9.98. The summed E-state index contributed by atoms with van der Waals surface area (Å²) in [6.45, 7) is 5.74. The maximum Gasteiger partial charge on any atom is 0.404 e. The number of halogens is 1. The second-order valence-corrected chi connectivity index (χ2v) is 11.9. The number of carbonyl (C=O) groups is 1. The zero-order chi connectivity index (χ0) is 28.8. The summed E-state index contributed by atoms with van der Waals surface area (Å²) in [6.07, 6.45) is 7.86. The molecule has 2 bridgehead atoms. The van der Waals surface area contributed by atoms with Gasteiger partial charge in [0.15, 0.2) is 5.65 Å². The third-order valence-electron chi connectivity index (χ3n) is 9.26. The number of rotatable bonds is 7. The van der Waals surface area contributed by atoms with Crippen LogP contribution < -0.4 is 20.7 Å². The molecule has 2 aliphatic heterocycles. The molecule has 0 spiro atoms. The first-order valence-electron chi connectivity index (χ1n) is 14.7. The van der Waals surface area contributed by atoms with Gasteiger partial charge in [0, 0.05) is 55.8 Å². The van der Waals surface area contributed by atoms with Gasteiger partial charge in [-0.15, -0.1) is 0 Å². The molecule has 1 amide bonds. The second kappa shape index (κ2) is 11.3. The highest BCUT2D eigenvalue weighted by Gasteiger charge is 2.47. The molecule has 11 nitrogen and oxygen atoms in total. The Hall–Kier alpha value is -3.54. The van der Waals surface area contributed by atoms with Crippen LogP contribution in [0, 0.1) is 11.8 Å². The number of hydrogen-bond donors (Lipinski definition) is 3. The zero-order valence-electron chi connectivity index (χ0n) is 23.6. The number of anilines is 2. The zero-order valence-corrected chi connectivity index (χ0v) is 24.3. The van der Waals surface area contributed by atoms with Crippen molar-refractivity contribution in [3.63, 3.8) is 0 Å². The third-order valence-corrected chi connectivity index (χ3v) is 9.54. The largest absolute Gasteiger partial charge is 0.496 e. The van der Waals surface area contributed by atoms with Gasteiger partial charge in [0.1, 0.15) is 23.2 Å². The monoisotopic (exact) mass is 593 g/mol. The number of pyridine rings is 1. The minimum atomic E-state index is -0.778. The molecule has 2 aliphatic carbocycles. The molecule has 3 fully saturated rings. The van der Waals surface area contributed by atoms with Crippen LogP contribution >= 0.6 is 11.6 Å². The summed E-state index contributed by atoms with van der Waals surface area (Å²) in [5.74, 6) is 1.69. The molecule has 3 aromatic rings. The number of benzene rings is 1. The van der Waals surface area contributed by atoms with Crippen molar-refractivity contribution in [2.75, 3.05) is 56.7 Å². The molecule has 4 atom stereocenters. The van der Waals surface area contributed by atoms with Gasteiger partial charge in [0.25, 0.3) is 0 Å². The van der Waals surface area contributed by atoms with E-state index in [1.807, 2.05) is 6.07 Å². The highest BCUT2D eigenvalue weighted by molar-refractivity contribution is 6.34. The van der Waals surface area contributed by atoms with Crippen LogP contribution in [0.5, 0.6) is 5.75 Å². The van der Waals surface area contributed by atoms with E-state index in [0.29, 0.717) is 33.7 Å². The maximum atomic E-state index is 11.6. The number of nitrogens with one attached hydrogen (secondary N) is 2. The number of imidazole rings is 1. The summed E-state index contributed by atoms with van der Waals surface area (Å²) in [5, 5.41) is 3.99. The summed E-state index contributed by atoms with van der Waals surface area (Å²) in [6, 6.07) is 6.73. The number of methoxy groups -OCH3 is 1. The maximum absolute atomic E-state index is 11.6. The van der Waals surface area contributed by atoms with E-state index in [4.69, 9.17) is 36.5 Å². The van der Waals surface area contributed by atoms with E-state index in [0.717, 1.165) is 75.7 Å². The van der Waals surface area contributed by atoms with E-state index in [2.05, 4.69) is 49.4 Å². The lowest BCUT2D eigenvalue weighted by Crippen LogP contribution is -2.49. The van der Waals surface area contributed by atoms with Gasteiger partial charge in [-0.2, -0.15) is 0 Å². The first-order valence-corrected chi connectivity index (χ1v) is 15.1. The first kappa shape index (κ1) is 27.3. The van der Waals surface area contributed by atoms with Crippen molar-refractivity contribution >= 4 is 40.2 Å². The van der Waals surface area contributed by atoms with E-state index in [1.54, 1.807) is 13.3 Å². The number of aromatic nitrogens is 3. The lowest BCUT2D eigenvalue weighted by Gasteiger charge is -2.40. The Morgan fingerprint density at radius 1 is 1.17 bits per heavy atom. The van der Waals surface area contributed by atoms with E-state index in [1.165, 1.54) is 0 Å². The fourth-order valence-corrected chi connectivity index (χ4v) is 7.33. The quantitative estimate of drug-likeness (QED) is 0.347. The Morgan fingerprint density at radius 3 is 2.71 bits per heavy atom. The fraction of sp³-hybridized carbons (Fsp3) is 0.500. The molecular weight excluding hydrogens is 558 g/mol. The average Bonchev–Trinajstić information content (AvgIpc) is 3.75. The number of piperidine rings is 1. The van der Waals surface area contributed by atoms with Gasteiger partial charge < -0.3 is 35.1 Å². The van der Waals surface area contributed by atoms with Gasteiger partial charge in [-0.3, -0.25) is 4.90 Å². The fourth-order valence-electron chi connectivity index (χ4n) is 7.13. The van der Waals surface area contributed by atoms with Crippen LogP contribution in [-0.4, -0.2) is 90.6 Å². The highest BCUT2D eigenvalue weighted by atomic mass is 35.5. The number of hydrogen-bond acceptors (Lipinski definition) is 9. The second-order valence-electron chi connectivity index (χ2n) is 11.5. The molecule has 42 heavy (non-hydrogen) atoms. The van der Waals surface area contributed by atoms with Crippen LogP contribution in [-0.2, 0) is 9.47 Å². The molecule has 0 radical (unpaired) electrons. The number of H-pyrrole nitrogens is 1. The molecule has 222 valence electrons. The van der Waals surface area contributed by atoms with Crippen molar-refractivity contribution in [1.82, 2.24) is 19.9 Å². The van der Waals surface area contributed by atoms with Crippen LogP contribution in [0.25, 0.3) is 22.6 Å². The number of ether oxygens (including phenoxy) is 3. The van der Waals surface area contributed by atoms with E-state index >= 15 is 0 Å². The molecular formula is C30H36ClN7O4. The number of fused-ring (bicyclic) bond motifs is 3. The number of nitrogens with zero attached hydrogens (tertiary/aromatic N) is 4. The summed E-state index contributed by atoms with van der Waals surface area (Å²) < 4.78 is 16.9. The summed E-state index contributed by atoms with van der Waals surface area (Å²) in [5.41, 5.74) is 9.23.